The zero-order valence-electron chi connectivity index (χ0n) is 15.9. The predicted octanol–water partition coefficient (Wildman–Crippen LogP) is 1.29. The molecule has 2 aliphatic rings. The second-order valence-corrected chi connectivity index (χ2v) is 10.4. The molecule has 1 unspecified atom stereocenters. The first-order valence-electron chi connectivity index (χ1n) is 9.06. The van der Waals surface area contributed by atoms with E-state index < -0.39 is 60.1 Å². The van der Waals surface area contributed by atoms with E-state index in [0.717, 1.165) is 6.20 Å². The van der Waals surface area contributed by atoms with Crippen molar-refractivity contribution in [3.63, 3.8) is 0 Å². The van der Waals surface area contributed by atoms with Crippen LogP contribution in [-0.4, -0.2) is 50.6 Å². The molecule has 0 aliphatic carbocycles. The molecular formula is C17H16ClF2N2O8PS. The molecular weight excluding hydrogens is 497 g/mol. The summed E-state index contributed by atoms with van der Waals surface area (Å²) in [6.45, 7) is -4.55. The van der Waals surface area contributed by atoms with Crippen molar-refractivity contribution in [2.75, 3.05) is 6.61 Å². The highest BCUT2D eigenvalue weighted by Crippen LogP contribution is 2.56. The lowest BCUT2D eigenvalue weighted by Gasteiger charge is -2.34. The van der Waals surface area contributed by atoms with E-state index >= 15 is 0 Å². The average Bonchev–Trinajstić information content (AvgIpc) is 3.01. The van der Waals surface area contributed by atoms with Gasteiger partial charge in [-0.3, -0.25) is 23.4 Å². The van der Waals surface area contributed by atoms with Crippen molar-refractivity contribution in [2.45, 2.75) is 37.1 Å². The summed E-state index contributed by atoms with van der Waals surface area (Å²) in [6.07, 6.45) is -8.59. The highest BCUT2D eigenvalue weighted by molar-refractivity contribution is 8.07. The highest BCUT2D eigenvalue weighted by atomic mass is 35.5. The Kier molecular flexibility index (Phi) is 6.29. The summed E-state index contributed by atoms with van der Waals surface area (Å²) < 4.78 is 50.5. The average molecular weight is 513 g/mol. The Balaban J connectivity index is 1.60. The number of aliphatic hydroxyl groups excluding tert-OH is 2. The largest absolute Gasteiger partial charge is 0.424 e. The van der Waals surface area contributed by atoms with Crippen LogP contribution in [0.4, 0.5) is 8.78 Å². The normalized spacial score (nSPS) is 32.0. The second-order valence-electron chi connectivity index (χ2n) is 7.04. The summed E-state index contributed by atoms with van der Waals surface area (Å²) in [5.74, 6) is 0.369. The van der Waals surface area contributed by atoms with E-state index in [4.69, 9.17) is 41.7 Å². The molecule has 1 aromatic carbocycles. The summed E-state index contributed by atoms with van der Waals surface area (Å²) >= 11 is 10.9. The SMILES string of the molecule is O=c1[nH]c(=O)n([C@@H]2O[C@@](COP3(=S)OCc4ccccc4O3)(C(F)F)[C@H](O)[C@H]2O)cc1Cl. The van der Waals surface area contributed by atoms with Crippen molar-refractivity contribution >= 4 is 30.1 Å². The third-order valence-electron chi connectivity index (χ3n) is 5.03. The minimum atomic E-state index is -3.55. The molecule has 3 heterocycles. The van der Waals surface area contributed by atoms with Crippen LogP contribution in [-0.2, 0) is 32.2 Å². The molecule has 0 spiro atoms. The predicted molar refractivity (Wildman–Crippen MR) is 109 cm³/mol. The number of aromatic amines is 1. The van der Waals surface area contributed by atoms with Crippen molar-refractivity contribution in [2.24, 2.45) is 0 Å². The van der Waals surface area contributed by atoms with Crippen LogP contribution < -0.4 is 15.8 Å². The van der Waals surface area contributed by atoms with Crippen LogP contribution in [0, 0.1) is 0 Å². The number of para-hydroxylation sites is 1. The van der Waals surface area contributed by atoms with Crippen LogP contribution >= 0.6 is 18.3 Å². The van der Waals surface area contributed by atoms with Crippen molar-refractivity contribution in [1.29, 1.82) is 0 Å². The molecule has 1 saturated heterocycles. The van der Waals surface area contributed by atoms with Gasteiger partial charge in [-0.2, -0.15) is 0 Å². The van der Waals surface area contributed by atoms with Gasteiger partial charge in [0.2, 0.25) is 0 Å². The first-order chi connectivity index (χ1) is 15.1. The summed E-state index contributed by atoms with van der Waals surface area (Å²) in [7, 11) is 0. The molecule has 3 N–H and O–H groups in total. The van der Waals surface area contributed by atoms with E-state index in [0.29, 0.717) is 15.9 Å². The smallest absolute Gasteiger partial charge is 0.381 e. The van der Waals surface area contributed by atoms with Gasteiger partial charge in [-0.1, -0.05) is 29.8 Å². The zero-order chi connectivity index (χ0) is 23.3. The minimum absolute atomic E-state index is 0.0229. The Hall–Kier alpha value is -1.70. The number of rotatable bonds is 5. The van der Waals surface area contributed by atoms with Gasteiger partial charge in [-0.15, -0.1) is 0 Å². The summed E-state index contributed by atoms with van der Waals surface area (Å²) in [5.41, 5.74) is -4.12. The molecule has 10 nitrogen and oxygen atoms in total. The molecule has 32 heavy (non-hydrogen) atoms. The van der Waals surface area contributed by atoms with Crippen molar-refractivity contribution in [3.8, 4) is 5.75 Å². The zero-order valence-corrected chi connectivity index (χ0v) is 18.4. The quantitative estimate of drug-likeness (QED) is 0.507. The molecule has 0 radical (unpaired) electrons. The van der Waals surface area contributed by atoms with Gasteiger partial charge in [0.25, 0.3) is 12.0 Å². The van der Waals surface area contributed by atoms with Crippen LogP contribution in [0.2, 0.25) is 5.02 Å². The lowest BCUT2D eigenvalue weighted by atomic mass is 9.96. The summed E-state index contributed by atoms with van der Waals surface area (Å²) in [4.78, 5) is 25.4. The van der Waals surface area contributed by atoms with Crippen LogP contribution in [0.5, 0.6) is 5.75 Å². The molecule has 1 fully saturated rings. The molecule has 0 saturated carbocycles. The Morgan fingerprint density at radius 2 is 2.09 bits per heavy atom. The molecule has 1 aromatic heterocycles. The maximum atomic E-state index is 14.1. The Bertz CT molecular complexity index is 1200. The third kappa shape index (κ3) is 4.03. The number of H-pyrrole nitrogens is 1. The molecule has 2 aliphatic heterocycles. The number of halogens is 3. The fourth-order valence-corrected chi connectivity index (χ4v) is 5.26. The maximum absolute atomic E-state index is 14.1. The molecule has 5 atom stereocenters. The Morgan fingerprint density at radius 1 is 1.38 bits per heavy atom. The lowest BCUT2D eigenvalue weighted by Crippen LogP contribution is -2.52. The van der Waals surface area contributed by atoms with Crippen LogP contribution in [0.15, 0.2) is 40.1 Å². The van der Waals surface area contributed by atoms with Gasteiger partial charge >= 0.3 is 12.4 Å². The number of aromatic nitrogens is 2. The Morgan fingerprint density at radius 3 is 2.81 bits per heavy atom. The molecule has 15 heteroatoms. The van der Waals surface area contributed by atoms with Gasteiger partial charge in [-0.25, -0.2) is 13.6 Å². The number of alkyl halides is 2. The number of nitrogens with one attached hydrogen (secondary N) is 1. The van der Waals surface area contributed by atoms with E-state index in [-0.39, 0.29) is 6.61 Å². The summed E-state index contributed by atoms with van der Waals surface area (Å²) in [6, 6.07) is 6.77. The number of fused-ring (bicyclic) bond motifs is 1. The number of nitrogens with zero attached hydrogens (tertiary/aromatic N) is 1. The highest BCUT2D eigenvalue weighted by Gasteiger charge is 2.61. The Labute approximate surface area is 188 Å². The minimum Gasteiger partial charge on any atom is -0.424 e. The van der Waals surface area contributed by atoms with Crippen LogP contribution in [0.25, 0.3) is 0 Å². The molecule has 0 bridgehead atoms. The van der Waals surface area contributed by atoms with Gasteiger partial charge in [0, 0.05) is 23.6 Å². The molecule has 174 valence electrons. The van der Waals surface area contributed by atoms with Crippen LogP contribution in [0.1, 0.15) is 11.8 Å². The molecule has 0 amide bonds. The van der Waals surface area contributed by atoms with Gasteiger partial charge in [0.05, 0.1) is 13.2 Å². The first-order valence-corrected chi connectivity index (χ1v) is 12.0. The monoisotopic (exact) mass is 512 g/mol. The number of hydrogen-bond acceptors (Lipinski definition) is 9. The number of aliphatic hydroxyl groups is 2. The standard InChI is InChI=1S/C17H16ClF2N2O8PS/c18-9-5-22(16(26)21-13(9)25)14-11(23)12(24)17(29-14,15(19)20)7-28-31(32)27-6-8-3-1-2-4-10(8)30-31/h1-5,11-12,14-15,23-24H,6-7H2,(H,21,25,26)/t11-,12-,14-,17-,31?/m1/s1. The van der Waals surface area contributed by atoms with Crippen LogP contribution in [0.3, 0.4) is 0 Å². The number of ether oxygens (including phenoxy) is 1. The third-order valence-corrected chi connectivity index (χ3v) is 7.47. The number of hydrogen-bond donors (Lipinski definition) is 3. The van der Waals surface area contributed by atoms with E-state index in [1.54, 1.807) is 24.3 Å². The fourth-order valence-electron chi connectivity index (χ4n) is 3.29. The van der Waals surface area contributed by atoms with Crippen molar-refractivity contribution < 1.29 is 37.3 Å². The van der Waals surface area contributed by atoms with Crippen molar-refractivity contribution in [1.82, 2.24) is 9.55 Å². The number of benzene rings is 1. The van der Waals surface area contributed by atoms with Gasteiger partial charge in [0.1, 0.15) is 23.0 Å². The van der Waals surface area contributed by atoms with Gasteiger partial charge in [0.15, 0.2) is 11.8 Å². The van der Waals surface area contributed by atoms with E-state index in [9.17, 15) is 28.6 Å². The first kappa shape index (κ1) is 23.5. The lowest BCUT2D eigenvalue weighted by molar-refractivity contribution is -0.193. The van der Waals surface area contributed by atoms with E-state index in [1.807, 2.05) is 4.98 Å². The summed E-state index contributed by atoms with van der Waals surface area (Å²) in [5, 5.41) is 20.4. The molecule has 2 aromatic rings. The topological polar surface area (TPSA) is 132 Å². The fraction of sp³-hybridized carbons (Fsp3) is 0.412. The van der Waals surface area contributed by atoms with Gasteiger partial charge < -0.3 is 19.5 Å². The van der Waals surface area contributed by atoms with E-state index in [1.165, 1.54) is 0 Å². The maximum Gasteiger partial charge on any atom is 0.381 e. The molecule has 4 rings (SSSR count). The second kappa shape index (κ2) is 8.58. The van der Waals surface area contributed by atoms with Gasteiger partial charge in [-0.05, 0) is 6.07 Å². The van der Waals surface area contributed by atoms with Crippen molar-refractivity contribution in [3.05, 3.63) is 61.9 Å². The van der Waals surface area contributed by atoms with E-state index in [2.05, 4.69) is 0 Å².